The maximum absolute atomic E-state index is 11.9. The predicted molar refractivity (Wildman–Crippen MR) is 84.7 cm³/mol. The number of hydrogen-bond donors (Lipinski definition) is 2. The molecule has 2 N–H and O–H groups in total. The lowest BCUT2D eigenvalue weighted by Gasteiger charge is -2.15. The van der Waals surface area contributed by atoms with Crippen LogP contribution in [0.5, 0.6) is 0 Å². The van der Waals surface area contributed by atoms with Gasteiger partial charge in [-0.2, -0.15) is 0 Å². The SMILES string of the molecule is CC(=O)c1ccc(NC(=O)C(=O)NC2CCCCCC2)cc1. The summed E-state index contributed by atoms with van der Waals surface area (Å²) < 4.78 is 0. The fourth-order valence-corrected chi connectivity index (χ4v) is 2.65. The van der Waals surface area contributed by atoms with Crippen molar-refractivity contribution in [1.29, 1.82) is 0 Å². The van der Waals surface area contributed by atoms with Crippen LogP contribution in [-0.2, 0) is 9.59 Å². The molecule has 5 nitrogen and oxygen atoms in total. The Balaban J connectivity index is 1.87. The zero-order valence-corrected chi connectivity index (χ0v) is 12.9. The van der Waals surface area contributed by atoms with Gasteiger partial charge in [-0.3, -0.25) is 14.4 Å². The first-order valence-corrected chi connectivity index (χ1v) is 7.79. The second-order valence-electron chi connectivity index (χ2n) is 5.75. The Morgan fingerprint density at radius 1 is 0.909 bits per heavy atom. The zero-order valence-electron chi connectivity index (χ0n) is 12.9. The van der Waals surface area contributed by atoms with Crippen LogP contribution in [0.25, 0.3) is 0 Å². The van der Waals surface area contributed by atoms with E-state index in [1.165, 1.54) is 19.8 Å². The van der Waals surface area contributed by atoms with E-state index in [-0.39, 0.29) is 11.8 Å². The molecule has 0 atom stereocenters. The number of benzene rings is 1. The van der Waals surface area contributed by atoms with Gasteiger partial charge in [-0.05, 0) is 44.0 Å². The zero-order chi connectivity index (χ0) is 15.9. The number of carbonyl (C=O) groups excluding carboxylic acids is 3. The van der Waals surface area contributed by atoms with Crippen molar-refractivity contribution in [3.05, 3.63) is 29.8 Å². The lowest BCUT2D eigenvalue weighted by molar-refractivity contribution is -0.136. The van der Waals surface area contributed by atoms with Crippen molar-refractivity contribution >= 4 is 23.3 Å². The van der Waals surface area contributed by atoms with Gasteiger partial charge in [0.1, 0.15) is 0 Å². The van der Waals surface area contributed by atoms with E-state index >= 15 is 0 Å². The van der Waals surface area contributed by atoms with E-state index < -0.39 is 11.8 Å². The van der Waals surface area contributed by atoms with E-state index in [1.807, 2.05) is 0 Å². The number of carbonyl (C=O) groups is 3. The maximum Gasteiger partial charge on any atom is 0.313 e. The van der Waals surface area contributed by atoms with Gasteiger partial charge in [0.25, 0.3) is 0 Å². The fourth-order valence-electron chi connectivity index (χ4n) is 2.65. The van der Waals surface area contributed by atoms with Crippen LogP contribution >= 0.6 is 0 Å². The highest BCUT2D eigenvalue weighted by Gasteiger charge is 2.19. The van der Waals surface area contributed by atoms with Crippen molar-refractivity contribution in [3.8, 4) is 0 Å². The van der Waals surface area contributed by atoms with Crippen LogP contribution in [0.15, 0.2) is 24.3 Å². The molecule has 1 fully saturated rings. The van der Waals surface area contributed by atoms with Crippen LogP contribution in [0.1, 0.15) is 55.8 Å². The highest BCUT2D eigenvalue weighted by Crippen LogP contribution is 2.17. The van der Waals surface area contributed by atoms with Gasteiger partial charge >= 0.3 is 11.8 Å². The fraction of sp³-hybridized carbons (Fsp3) is 0.471. The van der Waals surface area contributed by atoms with Crippen molar-refractivity contribution in [2.45, 2.75) is 51.5 Å². The smallest absolute Gasteiger partial charge is 0.313 e. The molecule has 0 aromatic heterocycles. The lowest BCUT2D eigenvalue weighted by atomic mass is 10.1. The lowest BCUT2D eigenvalue weighted by Crippen LogP contribution is -2.41. The minimum Gasteiger partial charge on any atom is -0.345 e. The molecule has 0 heterocycles. The average molecular weight is 302 g/mol. The highest BCUT2D eigenvalue weighted by molar-refractivity contribution is 6.39. The van der Waals surface area contributed by atoms with E-state index in [2.05, 4.69) is 10.6 Å². The van der Waals surface area contributed by atoms with Crippen LogP contribution in [0.3, 0.4) is 0 Å². The van der Waals surface area contributed by atoms with Gasteiger partial charge in [0, 0.05) is 17.3 Å². The van der Waals surface area contributed by atoms with Crippen LogP contribution in [0.2, 0.25) is 0 Å². The molecule has 1 aromatic carbocycles. The third-order valence-electron chi connectivity index (χ3n) is 3.95. The number of rotatable bonds is 3. The Bertz CT molecular complexity index is 544. The van der Waals surface area contributed by atoms with E-state index in [0.717, 1.165) is 25.7 Å². The molecule has 1 aliphatic carbocycles. The standard InChI is InChI=1S/C17H22N2O3/c1-12(20)13-8-10-15(11-9-13)19-17(22)16(21)18-14-6-4-2-3-5-7-14/h8-11,14H,2-7H2,1H3,(H,18,21)(H,19,22). The third-order valence-corrected chi connectivity index (χ3v) is 3.95. The minimum absolute atomic E-state index is 0.0380. The van der Waals surface area contributed by atoms with Crippen molar-refractivity contribution < 1.29 is 14.4 Å². The van der Waals surface area contributed by atoms with Crippen molar-refractivity contribution in [2.75, 3.05) is 5.32 Å². The molecular formula is C17H22N2O3. The molecule has 5 heteroatoms. The van der Waals surface area contributed by atoms with Crippen LogP contribution < -0.4 is 10.6 Å². The molecule has 1 aromatic rings. The van der Waals surface area contributed by atoms with Gasteiger partial charge in [-0.25, -0.2) is 0 Å². The number of ketones is 1. The quantitative estimate of drug-likeness (QED) is 0.512. The first-order valence-electron chi connectivity index (χ1n) is 7.79. The predicted octanol–water partition coefficient (Wildman–Crippen LogP) is 2.67. The van der Waals surface area contributed by atoms with Gasteiger partial charge in [-0.15, -0.1) is 0 Å². The van der Waals surface area contributed by atoms with Gasteiger partial charge in [0.15, 0.2) is 5.78 Å². The normalized spacial score (nSPS) is 15.7. The second kappa shape index (κ2) is 7.73. The van der Waals surface area contributed by atoms with E-state index in [1.54, 1.807) is 24.3 Å². The van der Waals surface area contributed by atoms with Gasteiger partial charge in [-0.1, -0.05) is 25.7 Å². The first kappa shape index (κ1) is 16.2. The Morgan fingerprint density at radius 2 is 1.50 bits per heavy atom. The molecule has 1 saturated carbocycles. The summed E-state index contributed by atoms with van der Waals surface area (Å²) in [5.74, 6) is -1.30. The molecule has 0 radical (unpaired) electrons. The van der Waals surface area contributed by atoms with Crippen LogP contribution in [-0.4, -0.2) is 23.6 Å². The molecule has 2 amide bonds. The molecule has 0 spiro atoms. The maximum atomic E-state index is 11.9. The summed E-state index contributed by atoms with van der Waals surface area (Å²) in [5.41, 5.74) is 1.08. The Labute approximate surface area is 130 Å². The summed E-state index contributed by atoms with van der Waals surface area (Å²) in [6.07, 6.45) is 6.46. The molecule has 1 aliphatic rings. The minimum atomic E-state index is -0.667. The van der Waals surface area contributed by atoms with Crippen molar-refractivity contribution in [1.82, 2.24) is 5.32 Å². The highest BCUT2D eigenvalue weighted by atomic mass is 16.2. The number of Topliss-reactive ketones (excluding diaryl/α,β-unsaturated/α-hetero) is 1. The van der Waals surface area contributed by atoms with Gasteiger partial charge in [0.05, 0.1) is 0 Å². The number of anilines is 1. The van der Waals surface area contributed by atoms with E-state index in [0.29, 0.717) is 11.3 Å². The Morgan fingerprint density at radius 3 is 2.05 bits per heavy atom. The van der Waals surface area contributed by atoms with Gasteiger partial charge in [0.2, 0.25) is 0 Å². The Kier molecular flexibility index (Phi) is 5.69. The summed E-state index contributed by atoms with van der Waals surface area (Å²) in [4.78, 5) is 35.0. The molecule has 0 unspecified atom stereocenters. The monoisotopic (exact) mass is 302 g/mol. The molecule has 22 heavy (non-hydrogen) atoms. The molecule has 0 saturated heterocycles. The van der Waals surface area contributed by atoms with Crippen molar-refractivity contribution in [3.63, 3.8) is 0 Å². The topological polar surface area (TPSA) is 75.3 Å². The van der Waals surface area contributed by atoms with Crippen molar-refractivity contribution in [2.24, 2.45) is 0 Å². The summed E-state index contributed by atoms with van der Waals surface area (Å²) in [5, 5.41) is 5.35. The van der Waals surface area contributed by atoms with E-state index in [9.17, 15) is 14.4 Å². The largest absolute Gasteiger partial charge is 0.345 e. The summed E-state index contributed by atoms with van der Waals surface area (Å²) in [6, 6.07) is 6.59. The third kappa shape index (κ3) is 4.69. The van der Waals surface area contributed by atoms with E-state index in [4.69, 9.17) is 0 Å². The number of amides is 2. The molecule has 2 rings (SSSR count). The summed E-state index contributed by atoms with van der Waals surface area (Å²) >= 11 is 0. The second-order valence-corrected chi connectivity index (χ2v) is 5.75. The number of nitrogens with one attached hydrogen (secondary N) is 2. The first-order chi connectivity index (χ1) is 10.6. The number of hydrogen-bond acceptors (Lipinski definition) is 3. The molecule has 0 bridgehead atoms. The molecule has 118 valence electrons. The molecule has 0 aliphatic heterocycles. The molecular weight excluding hydrogens is 280 g/mol. The average Bonchev–Trinajstić information content (AvgIpc) is 2.76. The summed E-state index contributed by atoms with van der Waals surface area (Å²) in [7, 11) is 0. The Hall–Kier alpha value is -2.17. The van der Waals surface area contributed by atoms with Gasteiger partial charge < -0.3 is 10.6 Å². The summed E-state index contributed by atoms with van der Waals surface area (Å²) in [6.45, 7) is 1.48. The van der Waals surface area contributed by atoms with Crippen LogP contribution in [0.4, 0.5) is 5.69 Å². The van der Waals surface area contributed by atoms with Crippen LogP contribution in [0, 0.1) is 0 Å².